The zero-order valence-corrected chi connectivity index (χ0v) is 15.3. The molecule has 8 heteroatoms. The van der Waals surface area contributed by atoms with Gasteiger partial charge in [0.05, 0.1) is 24.9 Å². The molecule has 1 fully saturated rings. The predicted octanol–water partition coefficient (Wildman–Crippen LogP) is 4.21. The lowest BCUT2D eigenvalue weighted by atomic mass is 10.1. The van der Waals surface area contributed by atoms with Crippen molar-refractivity contribution < 1.29 is 9.53 Å². The number of carbonyl (C=O) groups excluding carboxylic acids is 1. The van der Waals surface area contributed by atoms with E-state index in [-0.39, 0.29) is 12.0 Å². The van der Waals surface area contributed by atoms with Crippen LogP contribution in [0.5, 0.6) is 0 Å². The molecule has 1 saturated heterocycles. The fourth-order valence-corrected chi connectivity index (χ4v) is 3.95. The molecule has 5 nitrogen and oxygen atoms in total. The molecule has 0 radical (unpaired) electrons. The summed E-state index contributed by atoms with van der Waals surface area (Å²) in [6, 6.07) is 10.7. The van der Waals surface area contributed by atoms with Gasteiger partial charge in [0.15, 0.2) is 0 Å². The van der Waals surface area contributed by atoms with Crippen molar-refractivity contribution >= 4 is 51.9 Å². The summed E-state index contributed by atoms with van der Waals surface area (Å²) in [4.78, 5) is 14.6. The van der Waals surface area contributed by atoms with Crippen LogP contribution in [0.3, 0.4) is 0 Å². The molecule has 128 valence electrons. The van der Waals surface area contributed by atoms with E-state index < -0.39 is 0 Å². The number of morpholine rings is 1. The maximum absolute atomic E-state index is 12.8. The Morgan fingerprint density at radius 3 is 2.68 bits per heavy atom. The van der Waals surface area contributed by atoms with Crippen LogP contribution in [0, 0.1) is 0 Å². The van der Waals surface area contributed by atoms with Gasteiger partial charge in [0.2, 0.25) is 0 Å². The van der Waals surface area contributed by atoms with Gasteiger partial charge >= 0.3 is 0 Å². The lowest BCUT2D eigenvalue weighted by molar-refractivity contribution is -0.0228. The summed E-state index contributed by atoms with van der Waals surface area (Å²) >= 11 is 13.3. The van der Waals surface area contributed by atoms with E-state index in [2.05, 4.69) is 8.75 Å². The first-order valence-electron chi connectivity index (χ1n) is 7.69. The molecule has 0 spiro atoms. The largest absolute Gasteiger partial charge is 0.370 e. The summed E-state index contributed by atoms with van der Waals surface area (Å²) in [6.07, 6.45) is -0.251. The molecule has 0 N–H and O–H groups in total. The highest BCUT2D eigenvalue weighted by Gasteiger charge is 2.27. The Hall–Kier alpha value is -1.73. The number of rotatable bonds is 2. The average Bonchev–Trinajstić information content (AvgIpc) is 3.08. The number of aromatic nitrogens is 2. The van der Waals surface area contributed by atoms with E-state index in [0.29, 0.717) is 35.3 Å². The Bertz CT molecular complexity index is 926. The minimum absolute atomic E-state index is 0.0451. The molecule has 1 atom stereocenters. The van der Waals surface area contributed by atoms with Gasteiger partial charge in [-0.25, -0.2) is 0 Å². The van der Waals surface area contributed by atoms with Crippen molar-refractivity contribution in [3.8, 4) is 0 Å². The number of hydrogen-bond acceptors (Lipinski definition) is 5. The van der Waals surface area contributed by atoms with Gasteiger partial charge in [0.25, 0.3) is 5.91 Å². The number of carbonyl (C=O) groups is 1. The molecule has 4 rings (SSSR count). The molecule has 3 aromatic rings. The highest BCUT2D eigenvalue weighted by Crippen LogP contribution is 2.28. The fourth-order valence-electron chi connectivity index (χ4n) is 2.89. The summed E-state index contributed by atoms with van der Waals surface area (Å²) in [6.45, 7) is 1.45. The predicted molar refractivity (Wildman–Crippen MR) is 98.5 cm³/mol. The lowest BCUT2D eigenvalue weighted by Crippen LogP contribution is -2.42. The van der Waals surface area contributed by atoms with Crippen LogP contribution in [0.1, 0.15) is 22.0 Å². The molecule has 1 aromatic heterocycles. The Morgan fingerprint density at radius 1 is 1.12 bits per heavy atom. The second-order valence-electron chi connectivity index (χ2n) is 5.78. The van der Waals surface area contributed by atoms with E-state index >= 15 is 0 Å². The van der Waals surface area contributed by atoms with Crippen LogP contribution in [0.15, 0.2) is 36.4 Å². The molecule has 1 aliphatic rings. The number of amides is 1. The van der Waals surface area contributed by atoms with Crippen LogP contribution in [0.4, 0.5) is 0 Å². The second kappa shape index (κ2) is 6.88. The molecule has 1 unspecified atom stereocenters. The van der Waals surface area contributed by atoms with Gasteiger partial charge in [-0.1, -0.05) is 23.2 Å². The van der Waals surface area contributed by atoms with E-state index in [9.17, 15) is 4.79 Å². The average molecular weight is 394 g/mol. The summed E-state index contributed by atoms with van der Waals surface area (Å²) in [5.41, 5.74) is 3.01. The smallest absolute Gasteiger partial charge is 0.254 e. The van der Waals surface area contributed by atoms with E-state index in [0.717, 1.165) is 28.3 Å². The minimum Gasteiger partial charge on any atom is -0.370 e. The Balaban J connectivity index is 1.56. The van der Waals surface area contributed by atoms with E-state index in [4.69, 9.17) is 27.9 Å². The summed E-state index contributed by atoms with van der Waals surface area (Å²) in [7, 11) is 0. The van der Waals surface area contributed by atoms with Gasteiger partial charge in [-0.3, -0.25) is 4.79 Å². The van der Waals surface area contributed by atoms with Gasteiger partial charge in [-0.2, -0.15) is 8.75 Å². The van der Waals surface area contributed by atoms with Crippen molar-refractivity contribution in [2.24, 2.45) is 0 Å². The molecule has 0 aliphatic carbocycles. The van der Waals surface area contributed by atoms with E-state index in [1.165, 1.54) is 0 Å². The molecular formula is C17H13Cl2N3O2S. The summed E-state index contributed by atoms with van der Waals surface area (Å²) in [5.74, 6) is -0.0451. The Morgan fingerprint density at radius 2 is 1.88 bits per heavy atom. The molecule has 25 heavy (non-hydrogen) atoms. The quantitative estimate of drug-likeness (QED) is 0.654. The van der Waals surface area contributed by atoms with E-state index in [1.54, 1.807) is 23.1 Å². The summed E-state index contributed by atoms with van der Waals surface area (Å²) < 4.78 is 14.2. The maximum atomic E-state index is 12.8. The zero-order chi connectivity index (χ0) is 17.4. The molecule has 1 amide bonds. The topological polar surface area (TPSA) is 55.3 Å². The monoisotopic (exact) mass is 393 g/mol. The zero-order valence-electron chi connectivity index (χ0n) is 13.0. The number of hydrogen-bond donors (Lipinski definition) is 0. The normalized spacial score (nSPS) is 17.8. The standard InChI is InChI=1S/C17H13Cl2N3O2S/c18-12-5-11(6-13(19)8-12)16-9-22(3-4-24-16)17(23)10-1-2-14-15(7-10)21-25-20-14/h1-2,5-8,16H,3-4,9H2. The number of halogens is 2. The molecule has 0 bridgehead atoms. The van der Waals surface area contributed by atoms with Crippen LogP contribution in [0.25, 0.3) is 11.0 Å². The van der Waals surface area contributed by atoms with Gasteiger partial charge in [-0.05, 0) is 42.0 Å². The first-order chi connectivity index (χ1) is 12.1. The van der Waals surface area contributed by atoms with Crippen molar-refractivity contribution in [2.45, 2.75) is 6.10 Å². The highest BCUT2D eigenvalue weighted by molar-refractivity contribution is 7.00. The van der Waals surface area contributed by atoms with Crippen molar-refractivity contribution in [3.05, 3.63) is 57.6 Å². The van der Waals surface area contributed by atoms with Crippen LogP contribution in [-0.4, -0.2) is 39.3 Å². The van der Waals surface area contributed by atoms with Crippen molar-refractivity contribution in [2.75, 3.05) is 19.7 Å². The molecule has 0 saturated carbocycles. The molecule has 2 aromatic carbocycles. The molecule has 1 aliphatic heterocycles. The van der Waals surface area contributed by atoms with Crippen molar-refractivity contribution in [1.29, 1.82) is 0 Å². The number of fused-ring (bicyclic) bond motifs is 1. The maximum Gasteiger partial charge on any atom is 0.254 e. The van der Waals surface area contributed by atoms with Crippen molar-refractivity contribution in [3.63, 3.8) is 0 Å². The number of ether oxygens (including phenoxy) is 1. The van der Waals surface area contributed by atoms with Crippen LogP contribution in [-0.2, 0) is 4.74 Å². The first kappa shape index (κ1) is 16.7. The lowest BCUT2D eigenvalue weighted by Gasteiger charge is -2.33. The third-order valence-electron chi connectivity index (χ3n) is 4.11. The van der Waals surface area contributed by atoms with Crippen LogP contribution >= 0.6 is 34.9 Å². The van der Waals surface area contributed by atoms with Crippen LogP contribution < -0.4 is 0 Å². The summed E-state index contributed by atoms with van der Waals surface area (Å²) in [5, 5.41) is 1.10. The van der Waals surface area contributed by atoms with Gasteiger partial charge in [-0.15, -0.1) is 0 Å². The molecule has 2 heterocycles. The van der Waals surface area contributed by atoms with Crippen LogP contribution in [0.2, 0.25) is 10.0 Å². The second-order valence-corrected chi connectivity index (χ2v) is 7.18. The Labute approximate surface area is 158 Å². The minimum atomic E-state index is -0.251. The molecular weight excluding hydrogens is 381 g/mol. The van der Waals surface area contributed by atoms with Gasteiger partial charge < -0.3 is 9.64 Å². The third-order valence-corrected chi connectivity index (χ3v) is 5.10. The van der Waals surface area contributed by atoms with Gasteiger partial charge in [0, 0.05) is 22.2 Å². The Kier molecular flexibility index (Phi) is 4.60. The third kappa shape index (κ3) is 3.48. The van der Waals surface area contributed by atoms with E-state index in [1.807, 2.05) is 18.2 Å². The number of benzene rings is 2. The first-order valence-corrected chi connectivity index (χ1v) is 9.18. The fraction of sp³-hybridized carbons (Fsp3) is 0.235. The van der Waals surface area contributed by atoms with Crippen molar-refractivity contribution in [1.82, 2.24) is 13.6 Å². The number of nitrogens with zero attached hydrogens (tertiary/aromatic N) is 3. The van der Waals surface area contributed by atoms with Gasteiger partial charge in [0.1, 0.15) is 17.1 Å². The SMILES string of the molecule is O=C(c1ccc2nsnc2c1)N1CCOC(c2cc(Cl)cc(Cl)c2)C1. The highest BCUT2D eigenvalue weighted by atomic mass is 35.5.